The van der Waals surface area contributed by atoms with Gasteiger partial charge in [-0.1, -0.05) is 19.8 Å². The number of hydrogen-bond acceptors (Lipinski definition) is 3. The second-order valence-corrected chi connectivity index (χ2v) is 4.53. The van der Waals surface area contributed by atoms with Crippen molar-refractivity contribution < 1.29 is 0 Å². The van der Waals surface area contributed by atoms with E-state index in [0.29, 0.717) is 5.82 Å². The molecule has 0 aromatic carbocycles. The third-order valence-electron chi connectivity index (χ3n) is 2.93. The highest BCUT2D eigenvalue weighted by atomic mass is 16.1. The fraction of sp³-hybridized carbons (Fsp3) is 0.692. The van der Waals surface area contributed by atoms with Gasteiger partial charge in [0.15, 0.2) is 0 Å². The Labute approximate surface area is 103 Å². The summed E-state index contributed by atoms with van der Waals surface area (Å²) in [6, 6.07) is 0.0590. The third kappa shape index (κ3) is 3.97. The largest absolute Gasteiger partial charge is 0.310 e. The second kappa shape index (κ2) is 6.55. The molecular weight excluding hydrogens is 214 g/mol. The summed E-state index contributed by atoms with van der Waals surface area (Å²) in [5.41, 5.74) is 1.55. The molecule has 0 spiro atoms. The lowest BCUT2D eigenvalue weighted by molar-refractivity contribution is 0.535. The van der Waals surface area contributed by atoms with Crippen LogP contribution in [0.1, 0.15) is 56.2 Å². The molecule has 0 saturated carbocycles. The van der Waals surface area contributed by atoms with Crippen LogP contribution in [0.3, 0.4) is 0 Å². The van der Waals surface area contributed by atoms with Crippen LogP contribution in [-0.2, 0) is 0 Å². The number of aromatic nitrogens is 2. The van der Waals surface area contributed by atoms with Crippen LogP contribution in [-0.4, -0.2) is 16.5 Å². The topological polar surface area (TPSA) is 57.8 Å². The van der Waals surface area contributed by atoms with E-state index in [2.05, 4.69) is 22.2 Å². The van der Waals surface area contributed by atoms with E-state index < -0.39 is 0 Å². The zero-order chi connectivity index (χ0) is 12.8. The van der Waals surface area contributed by atoms with Gasteiger partial charge >= 0.3 is 0 Å². The summed E-state index contributed by atoms with van der Waals surface area (Å²) in [5, 5.41) is 3.37. The van der Waals surface area contributed by atoms with E-state index in [1.54, 1.807) is 6.92 Å². The van der Waals surface area contributed by atoms with Gasteiger partial charge in [0.05, 0.1) is 5.56 Å². The molecule has 96 valence electrons. The molecular formula is C13H23N3O. The minimum absolute atomic E-state index is 0.0227. The molecule has 17 heavy (non-hydrogen) atoms. The number of nitrogens with one attached hydrogen (secondary N) is 2. The smallest absolute Gasteiger partial charge is 0.255 e. The number of unbranched alkanes of at least 4 members (excludes halogenated alkanes) is 2. The Bertz CT molecular complexity index is 412. The lowest BCUT2D eigenvalue weighted by Gasteiger charge is -2.15. The summed E-state index contributed by atoms with van der Waals surface area (Å²) >= 11 is 0. The Morgan fingerprint density at radius 2 is 2.06 bits per heavy atom. The summed E-state index contributed by atoms with van der Waals surface area (Å²) in [5.74, 6) is 0.675. The van der Waals surface area contributed by atoms with Gasteiger partial charge in [0.1, 0.15) is 5.82 Å². The highest BCUT2D eigenvalue weighted by molar-refractivity contribution is 5.19. The van der Waals surface area contributed by atoms with E-state index in [1.807, 2.05) is 13.8 Å². The number of aryl methyl sites for hydroxylation is 2. The molecule has 1 atom stereocenters. The molecule has 1 rings (SSSR count). The Morgan fingerprint density at radius 3 is 2.65 bits per heavy atom. The van der Waals surface area contributed by atoms with Crippen molar-refractivity contribution in [3.63, 3.8) is 0 Å². The van der Waals surface area contributed by atoms with Gasteiger partial charge in [-0.25, -0.2) is 4.98 Å². The molecule has 2 N–H and O–H groups in total. The first kappa shape index (κ1) is 13.9. The highest BCUT2D eigenvalue weighted by Gasteiger charge is 2.13. The highest BCUT2D eigenvalue weighted by Crippen LogP contribution is 2.10. The van der Waals surface area contributed by atoms with E-state index in [4.69, 9.17) is 0 Å². The molecule has 0 radical (unpaired) electrons. The van der Waals surface area contributed by atoms with Gasteiger partial charge in [-0.2, -0.15) is 0 Å². The van der Waals surface area contributed by atoms with E-state index in [1.165, 1.54) is 12.8 Å². The van der Waals surface area contributed by atoms with Gasteiger partial charge in [0.25, 0.3) is 5.56 Å². The molecule has 0 fully saturated rings. The predicted octanol–water partition coefficient (Wildman–Crippen LogP) is 2.23. The SMILES string of the molecule is CCCCCNC(C)c1c(C)nc(C)[nH]c1=O. The van der Waals surface area contributed by atoms with Crippen LogP contribution < -0.4 is 10.9 Å². The van der Waals surface area contributed by atoms with Gasteiger partial charge in [0, 0.05) is 11.7 Å². The van der Waals surface area contributed by atoms with Gasteiger partial charge in [-0.05, 0) is 33.7 Å². The first-order chi connectivity index (χ1) is 8.06. The van der Waals surface area contributed by atoms with E-state index in [-0.39, 0.29) is 11.6 Å². The van der Waals surface area contributed by atoms with Crippen LogP contribution >= 0.6 is 0 Å². The van der Waals surface area contributed by atoms with Crippen molar-refractivity contribution in [3.8, 4) is 0 Å². The standard InChI is InChI=1S/C13H23N3O/c1-5-6-7-8-14-9(2)12-10(3)15-11(4)16-13(12)17/h9,14H,5-8H2,1-4H3,(H,15,16,17). The van der Waals surface area contributed by atoms with Crippen molar-refractivity contribution in [1.82, 2.24) is 15.3 Å². The quantitative estimate of drug-likeness (QED) is 0.746. The molecule has 1 aromatic rings. The molecule has 1 heterocycles. The van der Waals surface area contributed by atoms with Crippen molar-refractivity contribution in [2.45, 2.75) is 53.0 Å². The molecule has 0 bridgehead atoms. The number of H-pyrrole nitrogens is 1. The minimum atomic E-state index is -0.0227. The van der Waals surface area contributed by atoms with Crippen LogP contribution in [0.5, 0.6) is 0 Å². The normalized spacial score (nSPS) is 12.7. The maximum absolute atomic E-state index is 11.9. The van der Waals surface area contributed by atoms with Gasteiger partial charge in [-0.15, -0.1) is 0 Å². The van der Waals surface area contributed by atoms with E-state index in [9.17, 15) is 4.79 Å². The molecule has 0 aliphatic carbocycles. The fourth-order valence-electron chi connectivity index (χ4n) is 2.04. The second-order valence-electron chi connectivity index (χ2n) is 4.53. The Kier molecular flexibility index (Phi) is 5.35. The molecule has 1 aromatic heterocycles. The molecule has 4 nitrogen and oxygen atoms in total. The van der Waals surface area contributed by atoms with Crippen LogP contribution in [0.25, 0.3) is 0 Å². The van der Waals surface area contributed by atoms with Crippen LogP contribution in [0, 0.1) is 13.8 Å². The van der Waals surface area contributed by atoms with Crippen molar-refractivity contribution in [2.75, 3.05) is 6.54 Å². The minimum Gasteiger partial charge on any atom is -0.310 e. The zero-order valence-electron chi connectivity index (χ0n) is 11.3. The zero-order valence-corrected chi connectivity index (χ0v) is 11.3. The van der Waals surface area contributed by atoms with Crippen molar-refractivity contribution in [2.24, 2.45) is 0 Å². The number of hydrogen-bond donors (Lipinski definition) is 2. The number of rotatable bonds is 6. The van der Waals surface area contributed by atoms with Crippen LogP contribution in [0.4, 0.5) is 0 Å². The first-order valence-electron chi connectivity index (χ1n) is 6.37. The molecule has 1 unspecified atom stereocenters. The summed E-state index contributed by atoms with van der Waals surface area (Å²) in [6.45, 7) is 8.84. The maximum atomic E-state index is 11.9. The van der Waals surface area contributed by atoms with E-state index in [0.717, 1.165) is 24.2 Å². The third-order valence-corrected chi connectivity index (χ3v) is 2.93. The maximum Gasteiger partial charge on any atom is 0.255 e. The summed E-state index contributed by atoms with van der Waals surface area (Å²) in [4.78, 5) is 18.9. The monoisotopic (exact) mass is 237 g/mol. The summed E-state index contributed by atoms with van der Waals surface area (Å²) < 4.78 is 0. The fourth-order valence-corrected chi connectivity index (χ4v) is 2.04. The molecule has 0 saturated heterocycles. The Morgan fingerprint density at radius 1 is 1.35 bits per heavy atom. The van der Waals surface area contributed by atoms with Gasteiger partial charge in [-0.3, -0.25) is 4.79 Å². The van der Waals surface area contributed by atoms with E-state index >= 15 is 0 Å². The number of aromatic amines is 1. The van der Waals surface area contributed by atoms with Crippen LogP contribution in [0.2, 0.25) is 0 Å². The Balaban J connectivity index is 2.69. The molecule has 4 heteroatoms. The average Bonchev–Trinajstić information content (AvgIpc) is 2.23. The average molecular weight is 237 g/mol. The molecule has 0 amide bonds. The molecule has 0 aliphatic rings. The van der Waals surface area contributed by atoms with Gasteiger partial charge < -0.3 is 10.3 Å². The van der Waals surface area contributed by atoms with Crippen molar-refractivity contribution in [1.29, 1.82) is 0 Å². The molecule has 0 aliphatic heterocycles. The van der Waals surface area contributed by atoms with Crippen LogP contribution in [0.15, 0.2) is 4.79 Å². The lowest BCUT2D eigenvalue weighted by Crippen LogP contribution is -2.28. The Hall–Kier alpha value is -1.16. The van der Waals surface area contributed by atoms with Gasteiger partial charge in [0.2, 0.25) is 0 Å². The predicted molar refractivity (Wildman–Crippen MR) is 70.3 cm³/mol. The summed E-state index contributed by atoms with van der Waals surface area (Å²) in [7, 11) is 0. The summed E-state index contributed by atoms with van der Waals surface area (Å²) in [6.07, 6.45) is 3.58. The van der Waals surface area contributed by atoms with Crippen molar-refractivity contribution >= 4 is 0 Å². The lowest BCUT2D eigenvalue weighted by atomic mass is 10.1. The van der Waals surface area contributed by atoms with Crippen molar-refractivity contribution in [3.05, 3.63) is 27.4 Å². The first-order valence-corrected chi connectivity index (χ1v) is 6.37. The number of nitrogens with zero attached hydrogens (tertiary/aromatic N) is 1.